The number of anilines is 1. The Morgan fingerprint density at radius 3 is 2.54 bits per heavy atom. The highest BCUT2D eigenvalue weighted by Gasteiger charge is 2.42. The van der Waals surface area contributed by atoms with Crippen LogP contribution in [0, 0.1) is 5.92 Å². The summed E-state index contributed by atoms with van der Waals surface area (Å²) in [6.07, 6.45) is -3.32. The minimum Gasteiger partial charge on any atom is -0.365 e. The van der Waals surface area contributed by atoms with Gasteiger partial charge in [0.1, 0.15) is 9.75 Å². The van der Waals surface area contributed by atoms with Gasteiger partial charge in [-0.2, -0.15) is 13.2 Å². The molecule has 2 aromatic rings. The zero-order valence-corrected chi connectivity index (χ0v) is 15.9. The smallest absolute Gasteiger partial charge is 0.365 e. The molecule has 0 unspecified atom stereocenters. The van der Waals surface area contributed by atoms with Crippen molar-refractivity contribution < 1.29 is 27.6 Å². The van der Waals surface area contributed by atoms with Crippen LogP contribution in [0.5, 0.6) is 0 Å². The van der Waals surface area contributed by atoms with Gasteiger partial charge in [0.15, 0.2) is 5.01 Å². The number of carbonyl (C=O) groups excluding carboxylic acids is 3. The largest absolute Gasteiger partial charge is 0.391 e. The molecule has 7 nitrogen and oxygen atoms in total. The number of carbonyl (C=O) groups is 3. The average molecular weight is 432 g/mol. The number of nitrogens with one attached hydrogen (secondary N) is 1. The highest BCUT2D eigenvalue weighted by molar-refractivity contribution is 7.15. The van der Waals surface area contributed by atoms with Crippen LogP contribution in [0.3, 0.4) is 0 Å². The third kappa shape index (κ3) is 4.33. The molecule has 0 atom stereocenters. The fraction of sp³-hybridized carbons (Fsp3) is 0.375. The van der Waals surface area contributed by atoms with Crippen LogP contribution in [0.1, 0.15) is 42.0 Å². The van der Waals surface area contributed by atoms with Crippen molar-refractivity contribution in [2.45, 2.75) is 19.0 Å². The lowest BCUT2D eigenvalue weighted by molar-refractivity contribution is -0.183. The summed E-state index contributed by atoms with van der Waals surface area (Å²) >= 11 is 1.91. The Labute approximate surface area is 165 Å². The van der Waals surface area contributed by atoms with E-state index in [9.17, 15) is 27.6 Å². The summed E-state index contributed by atoms with van der Waals surface area (Å²) in [4.78, 5) is 41.7. The first-order valence-corrected chi connectivity index (χ1v) is 9.87. The Hall–Kier alpha value is -2.47. The molecule has 3 amide bonds. The number of aromatic nitrogens is 1. The minimum atomic E-state index is -4.25. The van der Waals surface area contributed by atoms with Gasteiger partial charge in [0, 0.05) is 13.1 Å². The summed E-state index contributed by atoms with van der Waals surface area (Å²) in [6, 6.07) is 1.52. The highest BCUT2D eigenvalue weighted by atomic mass is 32.1. The number of thiazole rings is 1. The molecule has 1 aliphatic rings. The Bertz CT molecular complexity index is 901. The molecule has 0 radical (unpaired) electrons. The minimum absolute atomic E-state index is 0.000679. The number of hydrogen-bond acceptors (Lipinski definition) is 6. The molecule has 2 aromatic heterocycles. The van der Waals surface area contributed by atoms with Gasteiger partial charge in [0.05, 0.1) is 17.8 Å². The maximum Gasteiger partial charge on any atom is 0.391 e. The summed E-state index contributed by atoms with van der Waals surface area (Å²) in [7, 11) is 0. The van der Waals surface area contributed by atoms with Crippen LogP contribution in [0.2, 0.25) is 0 Å². The molecule has 12 heteroatoms. The molecule has 0 saturated carbocycles. The molecule has 1 aliphatic heterocycles. The quantitative estimate of drug-likeness (QED) is 0.775. The fourth-order valence-electron chi connectivity index (χ4n) is 2.82. The van der Waals surface area contributed by atoms with E-state index in [1.54, 1.807) is 5.38 Å². The van der Waals surface area contributed by atoms with Gasteiger partial charge in [-0.15, -0.1) is 22.7 Å². The lowest BCUT2D eigenvalue weighted by Gasteiger charge is -2.32. The van der Waals surface area contributed by atoms with Crippen LogP contribution in [0.15, 0.2) is 17.6 Å². The Morgan fingerprint density at radius 2 is 1.93 bits per heavy atom. The number of hydrogen-bond donors (Lipinski definition) is 2. The highest BCUT2D eigenvalue weighted by Crippen LogP contribution is 2.34. The van der Waals surface area contributed by atoms with Gasteiger partial charge in [-0.3, -0.25) is 14.4 Å². The Balaban J connectivity index is 1.63. The van der Waals surface area contributed by atoms with Crippen LogP contribution < -0.4 is 11.1 Å². The molecule has 3 rings (SSSR count). The molecule has 0 aromatic carbocycles. The summed E-state index contributed by atoms with van der Waals surface area (Å²) in [5.74, 6) is -3.14. The molecule has 3 heterocycles. The van der Waals surface area contributed by atoms with Crippen molar-refractivity contribution in [3.63, 3.8) is 0 Å². The van der Waals surface area contributed by atoms with Crippen molar-refractivity contribution in [2.24, 2.45) is 11.7 Å². The number of likely N-dealkylation sites (tertiary alicyclic amines) is 1. The lowest BCUT2D eigenvalue weighted by atomic mass is 9.96. The van der Waals surface area contributed by atoms with E-state index in [0.717, 1.165) is 22.7 Å². The third-order valence-corrected chi connectivity index (χ3v) is 6.21. The van der Waals surface area contributed by atoms with E-state index < -0.39 is 29.8 Å². The Kier molecular flexibility index (Phi) is 5.70. The average Bonchev–Trinajstić information content (AvgIpc) is 3.30. The van der Waals surface area contributed by atoms with Gasteiger partial charge in [0.2, 0.25) is 0 Å². The number of alkyl halides is 3. The molecule has 1 fully saturated rings. The van der Waals surface area contributed by atoms with Gasteiger partial charge >= 0.3 is 6.18 Å². The van der Waals surface area contributed by atoms with E-state index >= 15 is 0 Å². The molecule has 0 spiro atoms. The van der Waals surface area contributed by atoms with Crippen molar-refractivity contribution >= 4 is 46.1 Å². The Morgan fingerprint density at radius 1 is 1.25 bits per heavy atom. The molecular weight excluding hydrogens is 417 g/mol. The lowest BCUT2D eigenvalue weighted by Crippen LogP contribution is -2.41. The van der Waals surface area contributed by atoms with Gasteiger partial charge in [-0.1, -0.05) is 0 Å². The standard InChI is InChI=1S/C16H15F3N4O3S2/c17-16(18,19)8-1-4-23(5-2-8)15(26)10-7-21-14(28-10)13(25)22-9-3-6-27-11(9)12(20)24/h3,6-8H,1-2,4-5H2,(H2,20,24)(H,22,25). The predicted molar refractivity (Wildman–Crippen MR) is 97.6 cm³/mol. The molecule has 3 N–H and O–H groups in total. The second-order valence-corrected chi connectivity index (χ2v) is 8.07. The van der Waals surface area contributed by atoms with E-state index in [1.165, 1.54) is 17.2 Å². The number of amides is 3. The predicted octanol–water partition coefficient (Wildman–Crippen LogP) is 2.97. The zero-order chi connectivity index (χ0) is 20.5. The maximum absolute atomic E-state index is 12.7. The van der Waals surface area contributed by atoms with Crippen molar-refractivity contribution in [3.05, 3.63) is 32.4 Å². The normalized spacial score (nSPS) is 15.5. The van der Waals surface area contributed by atoms with E-state index in [0.29, 0.717) is 0 Å². The molecule has 28 heavy (non-hydrogen) atoms. The maximum atomic E-state index is 12.7. The molecule has 0 bridgehead atoms. The topological polar surface area (TPSA) is 105 Å². The number of piperidine rings is 1. The van der Waals surface area contributed by atoms with Crippen LogP contribution in [-0.2, 0) is 0 Å². The second kappa shape index (κ2) is 7.87. The first-order chi connectivity index (χ1) is 13.2. The van der Waals surface area contributed by atoms with E-state index in [2.05, 4.69) is 10.3 Å². The van der Waals surface area contributed by atoms with Crippen molar-refractivity contribution in [3.8, 4) is 0 Å². The number of primary amides is 1. The van der Waals surface area contributed by atoms with Gasteiger partial charge in [0.25, 0.3) is 17.7 Å². The fourth-order valence-corrected chi connectivity index (χ4v) is 4.30. The SMILES string of the molecule is NC(=O)c1sccc1NC(=O)c1ncc(C(=O)N2CCC(C(F)(F)F)CC2)s1. The van der Waals surface area contributed by atoms with Crippen molar-refractivity contribution in [2.75, 3.05) is 18.4 Å². The van der Waals surface area contributed by atoms with Crippen LogP contribution in [0.4, 0.5) is 18.9 Å². The number of nitrogens with zero attached hydrogens (tertiary/aromatic N) is 2. The monoisotopic (exact) mass is 432 g/mol. The third-order valence-electron chi connectivity index (χ3n) is 4.29. The van der Waals surface area contributed by atoms with Crippen molar-refractivity contribution in [1.29, 1.82) is 0 Å². The molecule has 150 valence electrons. The van der Waals surface area contributed by atoms with Gasteiger partial charge in [-0.05, 0) is 24.3 Å². The van der Waals surface area contributed by atoms with Gasteiger partial charge in [-0.25, -0.2) is 4.98 Å². The van der Waals surface area contributed by atoms with E-state index in [4.69, 9.17) is 5.73 Å². The first kappa shape index (κ1) is 20.3. The summed E-state index contributed by atoms with van der Waals surface area (Å²) in [5.41, 5.74) is 5.47. The number of nitrogens with two attached hydrogens (primary N) is 1. The van der Waals surface area contributed by atoms with Gasteiger partial charge < -0.3 is 16.0 Å². The molecule has 1 saturated heterocycles. The second-order valence-electron chi connectivity index (χ2n) is 6.12. The number of rotatable bonds is 4. The molecule has 0 aliphatic carbocycles. The van der Waals surface area contributed by atoms with E-state index in [1.807, 2.05) is 0 Å². The van der Waals surface area contributed by atoms with Crippen molar-refractivity contribution in [1.82, 2.24) is 9.88 Å². The van der Waals surface area contributed by atoms with E-state index in [-0.39, 0.29) is 46.4 Å². The molecular formula is C16H15F3N4O3S2. The van der Waals surface area contributed by atoms with Crippen LogP contribution in [-0.4, -0.2) is 46.9 Å². The van der Waals surface area contributed by atoms with Crippen LogP contribution in [0.25, 0.3) is 0 Å². The van der Waals surface area contributed by atoms with Crippen LogP contribution >= 0.6 is 22.7 Å². The zero-order valence-electron chi connectivity index (χ0n) is 14.3. The summed E-state index contributed by atoms with van der Waals surface area (Å²) in [5, 5.41) is 4.10. The summed E-state index contributed by atoms with van der Waals surface area (Å²) in [6.45, 7) is -0.00136. The summed E-state index contributed by atoms with van der Waals surface area (Å²) < 4.78 is 38.2. The number of thiophene rings is 1. The first-order valence-electron chi connectivity index (χ1n) is 8.17. The number of halogens is 3.